The minimum atomic E-state index is -0.432. The summed E-state index contributed by atoms with van der Waals surface area (Å²) in [7, 11) is 1.33. The monoisotopic (exact) mass is 397 g/mol. The van der Waals surface area contributed by atoms with Crippen LogP contribution in [0.1, 0.15) is 37.0 Å². The number of hydrogen-bond acceptors (Lipinski definition) is 7. The standard InChI is InChI=1S/C21H19NO5S/c1-14-22-18(13-28-14)12-26-19-9-7-17(8-10-19)21(24)27-11-15-3-5-16(6-4-15)20(23)25-2/h3-10,13H,11-12H2,1-2H3. The van der Waals surface area contributed by atoms with Crippen LogP contribution in [-0.4, -0.2) is 24.0 Å². The molecule has 1 heterocycles. The number of nitrogens with zero attached hydrogens (tertiary/aromatic N) is 1. The van der Waals surface area contributed by atoms with Crippen LogP contribution >= 0.6 is 11.3 Å². The molecule has 6 nitrogen and oxygen atoms in total. The number of aryl methyl sites for hydroxylation is 1. The van der Waals surface area contributed by atoms with Crippen molar-refractivity contribution in [2.24, 2.45) is 0 Å². The fourth-order valence-electron chi connectivity index (χ4n) is 2.41. The fourth-order valence-corrected chi connectivity index (χ4v) is 3.00. The number of benzene rings is 2. The third-order valence-corrected chi connectivity index (χ3v) is 4.71. The molecule has 144 valence electrons. The van der Waals surface area contributed by atoms with E-state index in [9.17, 15) is 9.59 Å². The second-order valence-corrected chi connectivity index (χ2v) is 7.00. The molecule has 0 aliphatic carbocycles. The highest BCUT2D eigenvalue weighted by atomic mass is 32.1. The van der Waals surface area contributed by atoms with E-state index in [0.29, 0.717) is 23.5 Å². The van der Waals surface area contributed by atoms with Crippen LogP contribution in [0.25, 0.3) is 0 Å². The number of hydrogen-bond donors (Lipinski definition) is 0. The zero-order chi connectivity index (χ0) is 19.9. The van der Waals surface area contributed by atoms with Crippen molar-refractivity contribution in [1.29, 1.82) is 0 Å². The lowest BCUT2D eigenvalue weighted by Crippen LogP contribution is -2.06. The summed E-state index contributed by atoms with van der Waals surface area (Å²) in [5.74, 6) is -0.185. The maximum atomic E-state index is 12.2. The van der Waals surface area contributed by atoms with Gasteiger partial charge in [0.25, 0.3) is 0 Å². The number of esters is 2. The molecule has 0 bridgehead atoms. The van der Waals surface area contributed by atoms with Crippen molar-refractivity contribution >= 4 is 23.3 Å². The average molecular weight is 397 g/mol. The zero-order valence-corrected chi connectivity index (χ0v) is 16.3. The van der Waals surface area contributed by atoms with E-state index >= 15 is 0 Å². The van der Waals surface area contributed by atoms with Crippen molar-refractivity contribution in [1.82, 2.24) is 4.98 Å². The first-order valence-corrected chi connectivity index (χ1v) is 9.41. The molecule has 1 aromatic heterocycles. The van der Waals surface area contributed by atoms with Crippen LogP contribution in [-0.2, 0) is 22.7 Å². The van der Waals surface area contributed by atoms with Gasteiger partial charge in [0.1, 0.15) is 19.0 Å². The van der Waals surface area contributed by atoms with E-state index in [1.165, 1.54) is 7.11 Å². The maximum absolute atomic E-state index is 12.2. The van der Waals surface area contributed by atoms with Crippen LogP contribution in [0, 0.1) is 6.92 Å². The Morgan fingerprint density at radius 3 is 2.18 bits per heavy atom. The predicted molar refractivity (Wildman–Crippen MR) is 105 cm³/mol. The number of ether oxygens (including phenoxy) is 3. The van der Waals surface area contributed by atoms with Gasteiger partial charge in [-0.25, -0.2) is 14.6 Å². The second-order valence-electron chi connectivity index (χ2n) is 5.94. The molecule has 0 aliphatic rings. The summed E-state index contributed by atoms with van der Waals surface area (Å²) in [4.78, 5) is 27.9. The number of rotatable bonds is 7. The van der Waals surface area contributed by atoms with Gasteiger partial charge in [0, 0.05) is 5.38 Å². The molecular formula is C21H19NO5S. The number of methoxy groups -OCH3 is 1. The quantitative estimate of drug-likeness (QED) is 0.557. The molecule has 0 amide bonds. The van der Waals surface area contributed by atoms with Gasteiger partial charge in [0.2, 0.25) is 0 Å². The van der Waals surface area contributed by atoms with Crippen molar-refractivity contribution in [2.45, 2.75) is 20.1 Å². The normalized spacial score (nSPS) is 10.4. The molecule has 0 aliphatic heterocycles. The van der Waals surface area contributed by atoms with Crippen LogP contribution in [0.2, 0.25) is 0 Å². The molecule has 7 heteroatoms. The lowest BCUT2D eigenvalue weighted by atomic mass is 10.1. The van der Waals surface area contributed by atoms with Gasteiger partial charge in [-0.1, -0.05) is 12.1 Å². The summed E-state index contributed by atoms with van der Waals surface area (Å²) in [6.45, 7) is 2.44. The Morgan fingerprint density at radius 2 is 1.57 bits per heavy atom. The van der Waals surface area contributed by atoms with Gasteiger partial charge >= 0.3 is 11.9 Å². The van der Waals surface area contributed by atoms with Crippen LogP contribution in [0.5, 0.6) is 5.75 Å². The Balaban J connectivity index is 1.50. The Bertz CT molecular complexity index is 948. The van der Waals surface area contributed by atoms with Crippen molar-refractivity contribution in [3.05, 3.63) is 81.3 Å². The van der Waals surface area contributed by atoms with E-state index in [-0.39, 0.29) is 6.61 Å². The summed E-state index contributed by atoms with van der Waals surface area (Å²) < 4.78 is 15.6. The first-order chi connectivity index (χ1) is 13.5. The Morgan fingerprint density at radius 1 is 0.929 bits per heavy atom. The maximum Gasteiger partial charge on any atom is 0.338 e. The summed E-state index contributed by atoms with van der Waals surface area (Å²) >= 11 is 1.58. The van der Waals surface area contributed by atoms with E-state index in [1.54, 1.807) is 59.9 Å². The van der Waals surface area contributed by atoms with Gasteiger partial charge in [-0.2, -0.15) is 0 Å². The largest absolute Gasteiger partial charge is 0.487 e. The third kappa shape index (κ3) is 5.17. The second kappa shape index (κ2) is 9.14. The predicted octanol–water partition coefficient (Wildman–Crippen LogP) is 4.17. The molecule has 0 fully saturated rings. The highest BCUT2D eigenvalue weighted by Crippen LogP contribution is 2.16. The third-order valence-electron chi connectivity index (χ3n) is 3.89. The van der Waals surface area contributed by atoms with Gasteiger partial charge < -0.3 is 14.2 Å². The molecule has 0 N–H and O–H groups in total. The average Bonchev–Trinajstić information content (AvgIpc) is 3.16. The molecule has 28 heavy (non-hydrogen) atoms. The number of carbonyl (C=O) groups excluding carboxylic acids is 2. The van der Waals surface area contributed by atoms with E-state index in [4.69, 9.17) is 9.47 Å². The van der Waals surface area contributed by atoms with E-state index in [1.807, 2.05) is 12.3 Å². The molecular weight excluding hydrogens is 378 g/mol. The summed E-state index contributed by atoms with van der Waals surface area (Å²) in [5.41, 5.74) is 2.53. The van der Waals surface area contributed by atoms with Crippen LogP contribution in [0.3, 0.4) is 0 Å². The molecule has 0 saturated heterocycles. The lowest BCUT2D eigenvalue weighted by molar-refractivity contribution is 0.0471. The summed E-state index contributed by atoms with van der Waals surface area (Å²) in [5, 5.41) is 2.95. The lowest BCUT2D eigenvalue weighted by Gasteiger charge is -2.07. The van der Waals surface area contributed by atoms with E-state index < -0.39 is 11.9 Å². The highest BCUT2D eigenvalue weighted by molar-refractivity contribution is 7.09. The van der Waals surface area contributed by atoms with Crippen molar-refractivity contribution < 1.29 is 23.8 Å². The first-order valence-electron chi connectivity index (χ1n) is 8.53. The molecule has 3 rings (SSSR count). The van der Waals surface area contributed by atoms with Gasteiger partial charge in [-0.3, -0.25) is 0 Å². The van der Waals surface area contributed by atoms with Gasteiger partial charge in [0.05, 0.1) is 28.9 Å². The number of thiazole rings is 1. The van der Waals surface area contributed by atoms with Crippen LogP contribution < -0.4 is 4.74 Å². The number of aromatic nitrogens is 1. The van der Waals surface area contributed by atoms with Crippen LogP contribution in [0.4, 0.5) is 0 Å². The topological polar surface area (TPSA) is 74.7 Å². The van der Waals surface area contributed by atoms with Crippen molar-refractivity contribution in [3.8, 4) is 5.75 Å². The molecule has 0 radical (unpaired) electrons. The minimum Gasteiger partial charge on any atom is -0.487 e. The summed E-state index contributed by atoms with van der Waals surface area (Å²) in [6, 6.07) is 13.5. The van der Waals surface area contributed by atoms with Gasteiger partial charge in [-0.15, -0.1) is 11.3 Å². The molecule has 0 unspecified atom stereocenters. The Labute approximate surface area is 166 Å². The molecule has 0 saturated carbocycles. The Kier molecular flexibility index (Phi) is 6.39. The van der Waals surface area contributed by atoms with Gasteiger partial charge in [0.15, 0.2) is 0 Å². The zero-order valence-electron chi connectivity index (χ0n) is 15.5. The molecule has 0 spiro atoms. The first kappa shape index (κ1) is 19.6. The van der Waals surface area contributed by atoms with Crippen molar-refractivity contribution in [2.75, 3.05) is 7.11 Å². The van der Waals surface area contributed by atoms with E-state index in [0.717, 1.165) is 16.3 Å². The van der Waals surface area contributed by atoms with Crippen molar-refractivity contribution in [3.63, 3.8) is 0 Å². The highest BCUT2D eigenvalue weighted by Gasteiger charge is 2.09. The smallest absolute Gasteiger partial charge is 0.338 e. The molecule has 2 aromatic carbocycles. The summed E-state index contributed by atoms with van der Waals surface area (Å²) in [6.07, 6.45) is 0. The Hall–Kier alpha value is -3.19. The van der Waals surface area contributed by atoms with Gasteiger partial charge in [-0.05, 0) is 48.9 Å². The van der Waals surface area contributed by atoms with E-state index in [2.05, 4.69) is 9.72 Å². The SMILES string of the molecule is COC(=O)c1ccc(COC(=O)c2ccc(OCc3csc(C)n3)cc2)cc1. The van der Waals surface area contributed by atoms with Crippen LogP contribution in [0.15, 0.2) is 53.9 Å². The number of carbonyl (C=O) groups is 2. The minimum absolute atomic E-state index is 0.113. The molecule has 0 atom stereocenters. The molecule has 3 aromatic rings. The fraction of sp³-hybridized carbons (Fsp3) is 0.190.